The van der Waals surface area contributed by atoms with Crippen molar-refractivity contribution in [1.82, 2.24) is 4.98 Å². The van der Waals surface area contributed by atoms with E-state index in [2.05, 4.69) is 18.8 Å². The number of Topliss-reactive ketones (excluding diaryl/α,β-unsaturated/α-hetero) is 1. The quantitative estimate of drug-likeness (QED) is 0.837. The third-order valence-electron chi connectivity index (χ3n) is 4.50. The van der Waals surface area contributed by atoms with Crippen LogP contribution in [0.2, 0.25) is 0 Å². The Labute approximate surface area is 136 Å². The van der Waals surface area contributed by atoms with Crippen molar-refractivity contribution < 1.29 is 19.2 Å². The zero-order valence-electron chi connectivity index (χ0n) is 14.2. The number of hydrogen-bond acceptors (Lipinski definition) is 3. The second-order valence-electron chi connectivity index (χ2n) is 6.55. The van der Waals surface area contributed by atoms with Gasteiger partial charge in [0.05, 0.1) is 12.7 Å². The van der Waals surface area contributed by atoms with Crippen molar-refractivity contribution in [2.75, 3.05) is 26.7 Å². The number of H-pyrrole nitrogens is 1. The van der Waals surface area contributed by atoms with Crippen LogP contribution in [0.3, 0.4) is 0 Å². The van der Waals surface area contributed by atoms with Crippen molar-refractivity contribution in [3.8, 4) is 5.75 Å². The number of ether oxygens (including phenoxy) is 2. The van der Waals surface area contributed by atoms with E-state index in [1.807, 2.05) is 25.1 Å². The molecule has 2 N–H and O–H groups in total. The van der Waals surface area contributed by atoms with Crippen LogP contribution < -0.4 is 9.64 Å². The topological polar surface area (TPSA) is 55.8 Å². The van der Waals surface area contributed by atoms with Gasteiger partial charge in [-0.25, -0.2) is 0 Å². The largest absolute Gasteiger partial charge is 0.497 e. The third kappa shape index (κ3) is 3.26. The summed E-state index contributed by atoms with van der Waals surface area (Å²) in [7, 11) is 1.64. The van der Waals surface area contributed by atoms with Gasteiger partial charge in [-0.3, -0.25) is 4.79 Å². The average Bonchev–Trinajstić information content (AvgIpc) is 2.80. The van der Waals surface area contributed by atoms with Gasteiger partial charge in [-0.05, 0) is 39.0 Å². The van der Waals surface area contributed by atoms with Crippen LogP contribution in [0, 0.1) is 6.92 Å². The Morgan fingerprint density at radius 3 is 2.70 bits per heavy atom. The average molecular weight is 317 g/mol. The molecular weight excluding hydrogens is 292 g/mol. The van der Waals surface area contributed by atoms with Gasteiger partial charge in [0.25, 0.3) is 0 Å². The van der Waals surface area contributed by atoms with Gasteiger partial charge in [0.1, 0.15) is 37.6 Å². The summed E-state index contributed by atoms with van der Waals surface area (Å²) in [5, 5.41) is 0.945. The first-order valence-corrected chi connectivity index (χ1v) is 8.16. The molecule has 124 valence electrons. The number of methoxy groups -OCH3 is 1. The van der Waals surface area contributed by atoms with E-state index in [9.17, 15) is 4.79 Å². The van der Waals surface area contributed by atoms with Crippen LogP contribution in [0.15, 0.2) is 18.2 Å². The second kappa shape index (κ2) is 6.34. The highest BCUT2D eigenvalue weighted by Gasteiger charge is 2.29. The molecule has 2 aromatic rings. The number of aryl methyl sites for hydroxylation is 1. The Bertz CT molecular complexity index is 712. The van der Waals surface area contributed by atoms with Crippen molar-refractivity contribution in [1.29, 1.82) is 0 Å². The lowest BCUT2D eigenvalue weighted by Crippen LogP contribution is -3.16. The summed E-state index contributed by atoms with van der Waals surface area (Å²) in [6, 6.07) is 5.80. The van der Waals surface area contributed by atoms with Crippen molar-refractivity contribution in [2.24, 2.45) is 0 Å². The van der Waals surface area contributed by atoms with E-state index in [1.54, 1.807) is 7.11 Å². The molecule has 0 spiro atoms. The molecule has 0 amide bonds. The summed E-state index contributed by atoms with van der Waals surface area (Å²) in [6.45, 7) is 8.36. The highest BCUT2D eigenvalue weighted by Crippen LogP contribution is 2.26. The van der Waals surface area contributed by atoms with Crippen molar-refractivity contribution in [3.05, 3.63) is 29.5 Å². The van der Waals surface area contributed by atoms with E-state index in [4.69, 9.17) is 9.47 Å². The van der Waals surface area contributed by atoms with Crippen LogP contribution in [-0.4, -0.2) is 49.7 Å². The molecule has 1 aliphatic rings. The minimum absolute atomic E-state index is 0.179. The van der Waals surface area contributed by atoms with Gasteiger partial charge < -0.3 is 19.4 Å². The first-order chi connectivity index (χ1) is 11.0. The number of carbonyl (C=O) groups excluding carboxylic acids is 1. The number of aromatic amines is 1. The first-order valence-electron chi connectivity index (χ1n) is 8.16. The van der Waals surface area contributed by atoms with Crippen LogP contribution in [0.5, 0.6) is 5.75 Å². The van der Waals surface area contributed by atoms with E-state index in [0.717, 1.165) is 41.0 Å². The lowest BCUT2D eigenvalue weighted by molar-refractivity contribution is -0.906. The monoisotopic (exact) mass is 317 g/mol. The van der Waals surface area contributed by atoms with E-state index >= 15 is 0 Å². The summed E-state index contributed by atoms with van der Waals surface area (Å²) < 4.78 is 11.1. The molecule has 1 aromatic carbocycles. The fourth-order valence-electron chi connectivity index (χ4n) is 3.64. The fourth-order valence-corrected chi connectivity index (χ4v) is 3.64. The van der Waals surface area contributed by atoms with E-state index in [-0.39, 0.29) is 18.0 Å². The molecule has 0 unspecified atom stereocenters. The van der Waals surface area contributed by atoms with E-state index in [1.165, 1.54) is 4.90 Å². The SMILES string of the molecule is COc1ccc2[nH]c(C)c(C(=O)C[NH+]3C[C@H](C)O[C@@H](C)C3)c2c1. The highest BCUT2D eigenvalue weighted by atomic mass is 16.5. The van der Waals surface area contributed by atoms with Crippen LogP contribution in [0.4, 0.5) is 0 Å². The minimum Gasteiger partial charge on any atom is -0.497 e. The smallest absolute Gasteiger partial charge is 0.219 e. The number of nitrogens with one attached hydrogen (secondary N) is 2. The Kier molecular flexibility index (Phi) is 4.41. The molecule has 0 saturated carbocycles. The molecule has 23 heavy (non-hydrogen) atoms. The van der Waals surface area contributed by atoms with Crippen LogP contribution >= 0.6 is 0 Å². The highest BCUT2D eigenvalue weighted by molar-refractivity contribution is 6.10. The molecule has 0 bridgehead atoms. The summed E-state index contributed by atoms with van der Waals surface area (Å²) in [5.41, 5.74) is 2.69. The molecule has 1 aromatic heterocycles. The number of rotatable bonds is 4. The summed E-state index contributed by atoms with van der Waals surface area (Å²) >= 11 is 0. The summed E-state index contributed by atoms with van der Waals surface area (Å²) in [5.74, 6) is 0.949. The predicted molar refractivity (Wildman–Crippen MR) is 89.5 cm³/mol. The third-order valence-corrected chi connectivity index (χ3v) is 4.50. The van der Waals surface area contributed by atoms with Crippen molar-refractivity contribution in [2.45, 2.75) is 33.0 Å². The zero-order chi connectivity index (χ0) is 16.6. The Morgan fingerprint density at radius 2 is 2.04 bits per heavy atom. The van der Waals surface area contributed by atoms with E-state index < -0.39 is 0 Å². The van der Waals surface area contributed by atoms with Gasteiger partial charge in [0.15, 0.2) is 0 Å². The Morgan fingerprint density at radius 1 is 1.35 bits per heavy atom. The van der Waals surface area contributed by atoms with Gasteiger partial charge in [0, 0.05) is 16.6 Å². The van der Waals surface area contributed by atoms with Gasteiger partial charge in [-0.2, -0.15) is 0 Å². The number of aromatic nitrogens is 1. The van der Waals surface area contributed by atoms with Gasteiger partial charge in [0.2, 0.25) is 5.78 Å². The molecular formula is C18H25N2O3+. The normalized spacial score (nSPS) is 24.8. The summed E-state index contributed by atoms with van der Waals surface area (Å²) in [4.78, 5) is 17.5. The molecule has 1 saturated heterocycles. The molecule has 1 fully saturated rings. The maximum atomic E-state index is 12.9. The number of carbonyl (C=O) groups is 1. The van der Waals surface area contributed by atoms with Crippen LogP contribution in [-0.2, 0) is 4.74 Å². The van der Waals surface area contributed by atoms with Crippen molar-refractivity contribution >= 4 is 16.7 Å². The molecule has 1 aliphatic heterocycles. The Hall–Kier alpha value is -1.85. The lowest BCUT2D eigenvalue weighted by Gasteiger charge is -2.31. The predicted octanol–water partition coefficient (Wildman–Crippen LogP) is 1.36. The molecule has 0 aliphatic carbocycles. The molecule has 5 heteroatoms. The van der Waals surface area contributed by atoms with Gasteiger partial charge >= 0.3 is 0 Å². The number of morpholine rings is 1. The number of ketones is 1. The minimum atomic E-state index is 0.179. The molecule has 0 radical (unpaired) electrons. The zero-order valence-corrected chi connectivity index (χ0v) is 14.2. The fraction of sp³-hybridized carbons (Fsp3) is 0.500. The van der Waals surface area contributed by atoms with E-state index in [0.29, 0.717) is 6.54 Å². The lowest BCUT2D eigenvalue weighted by atomic mass is 10.1. The Balaban J connectivity index is 1.87. The summed E-state index contributed by atoms with van der Waals surface area (Å²) in [6.07, 6.45) is 0.399. The number of quaternary nitrogens is 1. The maximum Gasteiger partial charge on any atom is 0.219 e. The number of fused-ring (bicyclic) bond motifs is 1. The molecule has 3 rings (SSSR count). The number of benzene rings is 1. The van der Waals surface area contributed by atoms with Gasteiger partial charge in [-0.1, -0.05) is 0 Å². The standard InChI is InChI=1S/C18H24N2O3/c1-11-8-20(9-12(2)23-11)10-17(21)18-13(3)19-16-6-5-14(22-4)7-15(16)18/h5-7,11-12,19H,8-10H2,1-4H3/p+1/t11-,12-/m0/s1. The van der Waals surface area contributed by atoms with Crippen LogP contribution in [0.25, 0.3) is 10.9 Å². The maximum absolute atomic E-state index is 12.9. The van der Waals surface area contributed by atoms with Crippen molar-refractivity contribution in [3.63, 3.8) is 0 Å². The molecule has 5 nitrogen and oxygen atoms in total. The second-order valence-corrected chi connectivity index (χ2v) is 6.55. The number of hydrogen-bond donors (Lipinski definition) is 2. The molecule has 2 atom stereocenters. The van der Waals surface area contributed by atoms with Gasteiger partial charge in [-0.15, -0.1) is 0 Å². The first kappa shape index (κ1) is 16.0. The molecule has 2 heterocycles. The van der Waals surface area contributed by atoms with Crippen LogP contribution in [0.1, 0.15) is 29.9 Å².